The molecule has 0 unspecified atom stereocenters. The number of nitrogen functional groups attached to an aromatic ring is 1. The first-order valence-corrected chi connectivity index (χ1v) is 6.28. The maximum atomic E-state index is 12.5. The van der Waals surface area contributed by atoms with Crippen molar-refractivity contribution in [2.45, 2.75) is 13.1 Å². The highest BCUT2D eigenvalue weighted by Gasteiger charge is 2.23. The number of nitrogens with two attached hydrogens (primary N) is 1. The number of nitrogens with zero attached hydrogens (tertiary/aromatic N) is 4. The van der Waals surface area contributed by atoms with Crippen LogP contribution in [0.4, 0.5) is 5.69 Å². The molecule has 0 spiro atoms. The number of hydrogen-bond donors (Lipinski definition) is 1. The maximum absolute atomic E-state index is 12.5. The van der Waals surface area contributed by atoms with Gasteiger partial charge in [0.15, 0.2) is 5.82 Å². The number of carbonyl (C=O) groups is 1. The SMILES string of the molecule is COc1ccc(C(=O)N2CCn3cnnc3C2)cc1N. The van der Waals surface area contributed by atoms with Gasteiger partial charge in [-0.1, -0.05) is 0 Å². The van der Waals surface area contributed by atoms with E-state index in [2.05, 4.69) is 10.2 Å². The Bertz CT molecular complexity index is 652. The number of hydrogen-bond acceptors (Lipinski definition) is 5. The molecule has 20 heavy (non-hydrogen) atoms. The number of methoxy groups -OCH3 is 1. The van der Waals surface area contributed by atoms with Crippen LogP contribution in [0.2, 0.25) is 0 Å². The van der Waals surface area contributed by atoms with Gasteiger partial charge >= 0.3 is 0 Å². The molecule has 1 aliphatic rings. The van der Waals surface area contributed by atoms with E-state index >= 15 is 0 Å². The van der Waals surface area contributed by atoms with Crippen LogP contribution in [-0.4, -0.2) is 39.2 Å². The first-order valence-electron chi connectivity index (χ1n) is 6.28. The van der Waals surface area contributed by atoms with Crippen molar-refractivity contribution < 1.29 is 9.53 Å². The van der Waals surface area contributed by atoms with Gasteiger partial charge in [0, 0.05) is 18.7 Å². The molecule has 7 nitrogen and oxygen atoms in total. The van der Waals surface area contributed by atoms with Crippen LogP contribution >= 0.6 is 0 Å². The maximum Gasteiger partial charge on any atom is 0.254 e. The second kappa shape index (κ2) is 4.84. The van der Waals surface area contributed by atoms with Crippen LogP contribution in [0.25, 0.3) is 0 Å². The first-order chi connectivity index (χ1) is 9.69. The molecule has 0 bridgehead atoms. The fourth-order valence-electron chi connectivity index (χ4n) is 2.29. The van der Waals surface area contributed by atoms with Gasteiger partial charge in [-0.2, -0.15) is 0 Å². The minimum atomic E-state index is -0.0615. The summed E-state index contributed by atoms with van der Waals surface area (Å²) in [5.74, 6) is 1.31. The van der Waals surface area contributed by atoms with Gasteiger partial charge in [0.2, 0.25) is 0 Å². The molecule has 1 aliphatic heterocycles. The van der Waals surface area contributed by atoms with Crippen molar-refractivity contribution in [3.8, 4) is 5.75 Å². The molecule has 1 aromatic carbocycles. The summed E-state index contributed by atoms with van der Waals surface area (Å²) in [6.45, 7) is 1.81. The van der Waals surface area contributed by atoms with Gasteiger partial charge in [-0.15, -0.1) is 10.2 Å². The lowest BCUT2D eigenvalue weighted by molar-refractivity contribution is 0.0707. The number of carbonyl (C=O) groups excluding carboxylic acids is 1. The van der Waals surface area contributed by atoms with Crippen molar-refractivity contribution in [2.24, 2.45) is 0 Å². The van der Waals surface area contributed by atoms with Gasteiger partial charge in [0.1, 0.15) is 12.1 Å². The lowest BCUT2D eigenvalue weighted by Gasteiger charge is -2.27. The molecular formula is C13H15N5O2. The van der Waals surface area contributed by atoms with E-state index in [1.165, 1.54) is 0 Å². The molecule has 2 aromatic rings. The van der Waals surface area contributed by atoms with Crippen LogP contribution in [0.15, 0.2) is 24.5 Å². The van der Waals surface area contributed by atoms with Crippen LogP contribution in [0.5, 0.6) is 5.75 Å². The number of rotatable bonds is 2. The van der Waals surface area contributed by atoms with Crippen molar-refractivity contribution in [2.75, 3.05) is 19.4 Å². The standard InChI is InChI=1S/C13H15N5O2/c1-20-11-3-2-9(6-10(11)14)13(19)17-4-5-18-8-15-16-12(18)7-17/h2-3,6,8H,4-5,7,14H2,1H3. The minimum Gasteiger partial charge on any atom is -0.495 e. The zero-order valence-electron chi connectivity index (χ0n) is 11.1. The van der Waals surface area contributed by atoms with Crippen LogP contribution in [0.1, 0.15) is 16.2 Å². The van der Waals surface area contributed by atoms with Gasteiger partial charge in [0.05, 0.1) is 19.3 Å². The highest BCUT2D eigenvalue weighted by atomic mass is 16.5. The Morgan fingerprint density at radius 2 is 2.25 bits per heavy atom. The Morgan fingerprint density at radius 1 is 1.40 bits per heavy atom. The fourth-order valence-corrected chi connectivity index (χ4v) is 2.29. The number of amides is 1. The molecule has 1 amide bonds. The third-order valence-corrected chi connectivity index (χ3v) is 3.40. The molecule has 2 heterocycles. The molecule has 7 heteroatoms. The zero-order chi connectivity index (χ0) is 14.1. The van der Waals surface area contributed by atoms with Crippen molar-refractivity contribution in [3.63, 3.8) is 0 Å². The molecule has 0 saturated carbocycles. The summed E-state index contributed by atoms with van der Waals surface area (Å²) in [4.78, 5) is 14.2. The first kappa shape index (κ1) is 12.5. The normalized spacial score (nSPS) is 13.9. The molecule has 0 atom stereocenters. The van der Waals surface area contributed by atoms with Gasteiger partial charge < -0.3 is 19.9 Å². The molecule has 2 N–H and O–H groups in total. The fraction of sp³-hybridized carbons (Fsp3) is 0.308. The summed E-state index contributed by atoms with van der Waals surface area (Å²) in [7, 11) is 1.55. The summed E-state index contributed by atoms with van der Waals surface area (Å²) in [6.07, 6.45) is 1.68. The summed E-state index contributed by atoms with van der Waals surface area (Å²) in [5.41, 5.74) is 6.85. The van der Waals surface area contributed by atoms with E-state index in [1.807, 2.05) is 4.57 Å². The second-order valence-electron chi connectivity index (χ2n) is 4.62. The Hall–Kier alpha value is -2.57. The predicted molar refractivity (Wildman–Crippen MR) is 72.2 cm³/mol. The highest BCUT2D eigenvalue weighted by Crippen LogP contribution is 2.23. The van der Waals surface area contributed by atoms with E-state index in [0.29, 0.717) is 36.6 Å². The van der Waals surface area contributed by atoms with Gasteiger partial charge in [0.25, 0.3) is 5.91 Å². The van der Waals surface area contributed by atoms with Crippen LogP contribution in [-0.2, 0) is 13.1 Å². The Balaban J connectivity index is 1.81. The average Bonchev–Trinajstić information content (AvgIpc) is 2.93. The lowest BCUT2D eigenvalue weighted by Crippen LogP contribution is -2.38. The molecule has 0 fully saturated rings. The van der Waals surface area contributed by atoms with E-state index in [0.717, 1.165) is 5.82 Å². The highest BCUT2D eigenvalue weighted by molar-refractivity contribution is 5.95. The van der Waals surface area contributed by atoms with Crippen LogP contribution in [0.3, 0.4) is 0 Å². The summed E-state index contributed by atoms with van der Waals surface area (Å²) in [6, 6.07) is 5.06. The smallest absolute Gasteiger partial charge is 0.254 e. The Morgan fingerprint density at radius 3 is 3.00 bits per heavy atom. The van der Waals surface area contributed by atoms with Gasteiger partial charge in [-0.25, -0.2) is 0 Å². The van der Waals surface area contributed by atoms with Crippen LogP contribution < -0.4 is 10.5 Å². The molecule has 1 aromatic heterocycles. The molecule has 0 aliphatic carbocycles. The summed E-state index contributed by atoms with van der Waals surface area (Å²) < 4.78 is 7.04. The largest absolute Gasteiger partial charge is 0.495 e. The van der Waals surface area contributed by atoms with E-state index in [-0.39, 0.29) is 5.91 Å². The quantitative estimate of drug-likeness (QED) is 0.806. The topological polar surface area (TPSA) is 86.3 Å². The number of aromatic nitrogens is 3. The number of fused-ring (bicyclic) bond motifs is 1. The van der Waals surface area contributed by atoms with E-state index in [4.69, 9.17) is 10.5 Å². The third-order valence-electron chi connectivity index (χ3n) is 3.40. The predicted octanol–water partition coefficient (Wildman–Crippen LogP) is 0.525. The van der Waals surface area contributed by atoms with Gasteiger partial charge in [-0.05, 0) is 18.2 Å². The lowest BCUT2D eigenvalue weighted by atomic mass is 10.1. The Kier molecular flexibility index (Phi) is 3.02. The zero-order valence-corrected chi connectivity index (χ0v) is 11.1. The minimum absolute atomic E-state index is 0.0615. The molecular weight excluding hydrogens is 258 g/mol. The van der Waals surface area contributed by atoms with E-state index in [9.17, 15) is 4.79 Å². The van der Waals surface area contributed by atoms with Gasteiger partial charge in [-0.3, -0.25) is 4.79 Å². The number of ether oxygens (including phenoxy) is 1. The molecule has 104 valence electrons. The average molecular weight is 273 g/mol. The van der Waals surface area contributed by atoms with Crippen LogP contribution in [0, 0.1) is 0 Å². The molecule has 3 rings (SSSR count). The van der Waals surface area contributed by atoms with E-state index < -0.39 is 0 Å². The van der Waals surface area contributed by atoms with Crippen molar-refractivity contribution in [1.29, 1.82) is 0 Å². The Labute approximate surface area is 116 Å². The second-order valence-corrected chi connectivity index (χ2v) is 4.62. The summed E-state index contributed by atoms with van der Waals surface area (Å²) in [5, 5.41) is 7.85. The van der Waals surface area contributed by atoms with Crippen molar-refractivity contribution in [3.05, 3.63) is 35.9 Å². The van der Waals surface area contributed by atoms with Crippen molar-refractivity contribution in [1.82, 2.24) is 19.7 Å². The molecule has 0 radical (unpaired) electrons. The van der Waals surface area contributed by atoms with Crippen molar-refractivity contribution >= 4 is 11.6 Å². The number of anilines is 1. The molecule has 0 saturated heterocycles. The third kappa shape index (κ3) is 2.07. The summed E-state index contributed by atoms with van der Waals surface area (Å²) >= 11 is 0. The van der Waals surface area contributed by atoms with E-state index in [1.54, 1.807) is 36.5 Å². The number of benzene rings is 1. The monoisotopic (exact) mass is 273 g/mol.